The van der Waals surface area contributed by atoms with Gasteiger partial charge in [0.05, 0.1) is 21.3 Å². The molecular formula is C30H28N2O6. The van der Waals surface area contributed by atoms with Gasteiger partial charge in [-0.1, -0.05) is 60.7 Å². The number of hydrogen-bond donors (Lipinski definition) is 2. The fraction of sp³-hybridized carbons (Fsp3) is 0.133. The summed E-state index contributed by atoms with van der Waals surface area (Å²) in [6.07, 6.45) is -0.467. The predicted octanol–water partition coefficient (Wildman–Crippen LogP) is 6.30. The minimum absolute atomic E-state index is 0.171. The SMILES string of the molecule is COC(=O)c1cc(NC(=O)Nc2cc(OC)cc(OC)c2)ccc1OC(c1ccccc1)c1ccccc1. The zero-order valence-electron chi connectivity index (χ0n) is 21.3. The number of benzene rings is 4. The van der Waals surface area contributed by atoms with E-state index in [1.807, 2.05) is 60.7 Å². The molecule has 0 fully saturated rings. The molecule has 0 aliphatic carbocycles. The largest absolute Gasteiger partial charge is 0.497 e. The van der Waals surface area contributed by atoms with Crippen molar-refractivity contribution in [3.63, 3.8) is 0 Å². The first-order chi connectivity index (χ1) is 18.5. The zero-order valence-corrected chi connectivity index (χ0v) is 21.3. The van der Waals surface area contributed by atoms with E-state index in [4.69, 9.17) is 18.9 Å². The normalized spacial score (nSPS) is 10.4. The van der Waals surface area contributed by atoms with E-state index in [9.17, 15) is 9.59 Å². The molecule has 8 nitrogen and oxygen atoms in total. The molecule has 0 aromatic heterocycles. The Hall–Kier alpha value is -4.98. The highest BCUT2D eigenvalue weighted by molar-refractivity contribution is 6.01. The molecule has 0 unspecified atom stereocenters. The van der Waals surface area contributed by atoms with Gasteiger partial charge in [0, 0.05) is 29.6 Å². The Morgan fingerprint density at radius 1 is 0.658 bits per heavy atom. The molecule has 4 aromatic rings. The molecular weight excluding hydrogens is 484 g/mol. The highest BCUT2D eigenvalue weighted by Gasteiger charge is 2.21. The molecule has 0 heterocycles. The van der Waals surface area contributed by atoms with Crippen molar-refractivity contribution in [2.24, 2.45) is 0 Å². The Bertz CT molecular complexity index is 1330. The van der Waals surface area contributed by atoms with Crippen molar-refractivity contribution in [3.8, 4) is 17.2 Å². The second kappa shape index (κ2) is 12.3. The number of methoxy groups -OCH3 is 3. The number of carbonyl (C=O) groups excluding carboxylic acids is 2. The minimum Gasteiger partial charge on any atom is -0.497 e. The van der Waals surface area contributed by atoms with E-state index in [2.05, 4.69) is 10.6 Å². The first-order valence-electron chi connectivity index (χ1n) is 11.8. The van der Waals surface area contributed by atoms with Crippen LogP contribution in [-0.2, 0) is 4.74 Å². The van der Waals surface area contributed by atoms with Crippen LogP contribution >= 0.6 is 0 Å². The number of carbonyl (C=O) groups is 2. The van der Waals surface area contributed by atoms with Gasteiger partial charge in [0.15, 0.2) is 0 Å². The Labute approximate surface area is 221 Å². The molecule has 4 aromatic carbocycles. The monoisotopic (exact) mass is 512 g/mol. The van der Waals surface area contributed by atoms with E-state index in [0.29, 0.717) is 28.6 Å². The number of rotatable bonds is 9. The lowest BCUT2D eigenvalue weighted by atomic mass is 10.0. The zero-order chi connectivity index (χ0) is 26.9. The summed E-state index contributed by atoms with van der Waals surface area (Å²) in [6.45, 7) is 0. The van der Waals surface area contributed by atoms with Crippen molar-refractivity contribution in [1.82, 2.24) is 0 Å². The lowest BCUT2D eigenvalue weighted by Crippen LogP contribution is -2.20. The maximum Gasteiger partial charge on any atom is 0.341 e. The highest BCUT2D eigenvalue weighted by Crippen LogP contribution is 2.32. The quantitative estimate of drug-likeness (QED) is 0.256. The number of ether oxygens (including phenoxy) is 4. The average Bonchev–Trinajstić information content (AvgIpc) is 2.96. The van der Waals surface area contributed by atoms with E-state index in [1.54, 1.807) is 30.3 Å². The van der Waals surface area contributed by atoms with Gasteiger partial charge in [0.2, 0.25) is 0 Å². The maximum absolute atomic E-state index is 12.7. The van der Waals surface area contributed by atoms with Gasteiger partial charge in [0.25, 0.3) is 0 Å². The lowest BCUT2D eigenvalue weighted by molar-refractivity contribution is 0.0594. The third kappa shape index (κ3) is 6.41. The first kappa shape index (κ1) is 26.1. The second-order valence-corrected chi connectivity index (χ2v) is 8.20. The molecule has 38 heavy (non-hydrogen) atoms. The van der Waals surface area contributed by atoms with E-state index >= 15 is 0 Å². The van der Waals surface area contributed by atoms with E-state index < -0.39 is 18.1 Å². The van der Waals surface area contributed by atoms with E-state index in [1.165, 1.54) is 27.4 Å². The maximum atomic E-state index is 12.7. The molecule has 8 heteroatoms. The molecule has 2 N–H and O–H groups in total. The lowest BCUT2D eigenvalue weighted by Gasteiger charge is -2.22. The second-order valence-electron chi connectivity index (χ2n) is 8.20. The van der Waals surface area contributed by atoms with Crippen LogP contribution in [0.2, 0.25) is 0 Å². The van der Waals surface area contributed by atoms with Gasteiger partial charge < -0.3 is 29.6 Å². The third-order valence-corrected chi connectivity index (χ3v) is 5.70. The standard InChI is InChI=1S/C30H28N2O6/c1-35-24-16-23(17-25(19-24)36-2)32-30(34)31-22-14-15-27(26(18-22)29(33)37-3)38-28(20-10-6-4-7-11-20)21-12-8-5-9-13-21/h4-19,28H,1-3H3,(H2,31,32,34). The summed E-state index contributed by atoms with van der Waals surface area (Å²) < 4.78 is 21.9. The summed E-state index contributed by atoms with van der Waals surface area (Å²) >= 11 is 0. The Morgan fingerprint density at radius 2 is 1.21 bits per heavy atom. The van der Waals surface area contributed by atoms with Crippen molar-refractivity contribution in [2.75, 3.05) is 32.0 Å². The topological polar surface area (TPSA) is 95.1 Å². The van der Waals surface area contributed by atoms with Crippen LogP contribution in [0.3, 0.4) is 0 Å². The van der Waals surface area contributed by atoms with Gasteiger partial charge >= 0.3 is 12.0 Å². The van der Waals surface area contributed by atoms with Crippen LogP contribution in [0, 0.1) is 0 Å². The summed E-state index contributed by atoms with van der Waals surface area (Å²) in [4.78, 5) is 25.4. The van der Waals surface area contributed by atoms with Crippen molar-refractivity contribution in [3.05, 3.63) is 114 Å². The average molecular weight is 513 g/mol. The molecule has 0 saturated heterocycles. The summed E-state index contributed by atoms with van der Waals surface area (Å²) in [5.41, 5.74) is 2.86. The van der Waals surface area contributed by atoms with Crippen LogP contribution in [0.25, 0.3) is 0 Å². The fourth-order valence-corrected chi connectivity index (χ4v) is 3.86. The number of nitrogens with one attached hydrogen (secondary N) is 2. The number of hydrogen-bond acceptors (Lipinski definition) is 6. The smallest absolute Gasteiger partial charge is 0.341 e. The van der Waals surface area contributed by atoms with Crippen molar-refractivity contribution < 1.29 is 28.5 Å². The molecule has 0 spiro atoms. The molecule has 0 saturated carbocycles. The Morgan fingerprint density at radius 3 is 1.74 bits per heavy atom. The molecule has 2 amide bonds. The highest BCUT2D eigenvalue weighted by atomic mass is 16.5. The van der Waals surface area contributed by atoms with Crippen LogP contribution in [0.1, 0.15) is 27.6 Å². The van der Waals surface area contributed by atoms with Gasteiger partial charge in [-0.3, -0.25) is 0 Å². The molecule has 0 bridgehead atoms. The van der Waals surface area contributed by atoms with Crippen LogP contribution < -0.4 is 24.8 Å². The number of anilines is 2. The summed E-state index contributed by atoms with van der Waals surface area (Å²) in [5.74, 6) is 0.778. The Kier molecular flexibility index (Phi) is 8.46. The van der Waals surface area contributed by atoms with Crippen LogP contribution in [0.15, 0.2) is 97.1 Å². The third-order valence-electron chi connectivity index (χ3n) is 5.70. The summed E-state index contributed by atoms with van der Waals surface area (Å²) in [6, 6.07) is 28.7. The van der Waals surface area contributed by atoms with Crippen molar-refractivity contribution in [1.29, 1.82) is 0 Å². The van der Waals surface area contributed by atoms with Crippen LogP contribution in [-0.4, -0.2) is 33.3 Å². The van der Waals surface area contributed by atoms with Gasteiger partial charge in [-0.2, -0.15) is 0 Å². The van der Waals surface area contributed by atoms with Gasteiger partial charge in [-0.15, -0.1) is 0 Å². The molecule has 0 aliphatic heterocycles. The minimum atomic E-state index is -0.596. The van der Waals surface area contributed by atoms with Gasteiger partial charge in [-0.25, -0.2) is 9.59 Å². The number of urea groups is 1. The summed E-state index contributed by atoms with van der Waals surface area (Å²) in [7, 11) is 4.34. The van der Waals surface area contributed by atoms with E-state index in [-0.39, 0.29) is 5.56 Å². The molecule has 0 radical (unpaired) electrons. The molecule has 4 rings (SSSR count). The van der Waals surface area contributed by atoms with Crippen molar-refractivity contribution in [2.45, 2.75) is 6.10 Å². The molecule has 0 aliphatic rings. The van der Waals surface area contributed by atoms with Crippen LogP contribution in [0.5, 0.6) is 17.2 Å². The molecule has 0 atom stereocenters. The predicted molar refractivity (Wildman–Crippen MR) is 145 cm³/mol. The van der Waals surface area contributed by atoms with Crippen LogP contribution in [0.4, 0.5) is 16.2 Å². The van der Waals surface area contributed by atoms with E-state index in [0.717, 1.165) is 11.1 Å². The molecule has 194 valence electrons. The summed E-state index contributed by atoms with van der Waals surface area (Å²) in [5, 5.41) is 5.47. The fourth-order valence-electron chi connectivity index (χ4n) is 3.86. The van der Waals surface area contributed by atoms with Gasteiger partial charge in [-0.05, 0) is 29.3 Å². The van der Waals surface area contributed by atoms with Crippen molar-refractivity contribution >= 4 is 23.4 Å². The van der Waals surface area contributed by atoms with Gasteiger partial charge in [0.1, 0.15) is 28.9 Å². The number of esters is 1. The Balaban J connectivity index is 1.59. The number of amides is 2. The first-order valence-corrected chi connectivity index (χ1v) is 11.8.